The van der Waals surface area contributed by atoms with Gasteiger partial charge in [0.1, 0.15) is 0 Å². The number of carbonyl (C=O) groups is 1. The summed E-state index contributed by atoms with van der Waals surface area (Å²) in [7, 11) is 0. The van der Waals surface area contributed by atoms with Crippen LogP contribution in [0.25, 0.3) is 0 Å². The third-order valence-electron chi connectivity index (χ3n) is 2.40. The van der Waals surface area contributed by atoms with E-state index in [9.17, 15) is 4.79 Å². The van der Waals surface area contributed by atoms with Crippen LogP contribution in [0.2, 0.25) is 0 Å². The van der Waals surface area contributed by atoms with Gasteiger partial charge in [-0.05, 0) is 25.7 Å². The predicted octanol–water partition coefficient (Wildman–Crippen LogP) is 0.643. The Hall–Kier alpha value is -1.01. The highest BCUT2D eigenvalue weighted by Crippen LogP contribution is 2.32. The van der Waals surface area contributed by atoms with Gasteiger partial charge in [0, 0.05) is 25.4 Å². The number of carbonyl (C=O) groups excluding carboxylic acids is 1. The van der Waals surface area contributed by atoms with Gasteiger partial charge in [-0.25, -0.2) is 0 Å². The number of rotatable bonds is 5. The van der Waals surface area contributed by atoms with Gasteiger partial charge in [-0.3, -0.25) is 4.79 Å². The largest absolute Gasteiger partial charge is 0.355 e. The first-order chi connectivity index (χ1) is 6.74. The maximum Gasteiger partial charge on any atom is 0.221 e. The number of hydrogen-bond acceptors (Lipinski definition) is 2. The summed E-state index contributed by atoms with van der Waals surface area (Å²) in [5.74, 6) is 6.33. The molecule has 1 aliphatic rings. The Balaban J connectivity index is 2.04. The fraction of sp³-hybridized carbons (Fsp3) is 0.727. The Kier molecular flexibility index (Phi) is 4.48. The molecule has 1 amide bonds. The van der Waals surface area contributed by atoms with Crippen molar-refractivity contribution in [1.29, 1.82) is 0 Å². The first-order valence-corrected chi connectivity index (χ1v) is 5.16. The molecule has 0 heterocycles. The molecule has 1 unspecified atom stereocenters. The molecule has 0 aliphatic heterocycles. The molecule has 0 aromatic heterocycles. The molecular formula is C11H18N2O. The van der Waals surface area contributed by atoms with Crippen molar-refractivity contribution in [1.82, 2.24) is 5.32 Å². The van der Waals surface area contributed by atoms with Crippen molar-refractivity contribution in [3.63, 3.8) is 0 Å². The normalized spacial score (nSPS) is 16.7. The number of amides is 1. The van der Waals surface area contributed by atoms with Gasteiger partial charge in [0.15, 0.2) is 0 Å². The standard InChI is InChI=1S/C11H18N2O/c1-2-3-4-7-13-11(14)8-10(12)9-5-6-9/h9-10H,4-8,12H2,1H3,(H,13,14). The third kappa shape index (κ3) is 4.29. The van der Waals surface area contributed by atoms with Crippen molar-refractivity contribution in [2.45, 2.75) is 38.6 Å². The van der Waals surface area contributed by atoms with Gasteiger partial charge in [-0.15, -0.1) is 11.8 Å². The van der Waals surface area contributed by atoms with Crippen molar-refractivity contribution >= 4 is 5.91 Å². The summed E-state index contributed by atoms with van der Waals surface area (Å²) in [6.45, 7) is 2.43. The molecule has 3 heteroatoms. The van der Waals surface area contributed by atoms with E-state index in [4.69, 9.17) is 5.73 Å². The molecule has 1 fully saturated rings. The van der Waals surface area contributed by atoms with Gasteiger partial charge < -0.3 is 11.1 Å². The van der Waals surface area contributed by atoms with Crippen LogP contribution in [0.1, 0.15) is 32.6 Å². The summed E-state index contributed by atoms with van der Waals surface area (Å²) in [4.78, 5) is 11.3. The van der Waals surface area contributed by atoms with Gasteiger partial charge in [0.05, 0.1) is 0 Å². The van der Waals surface area contributed by atoms with Crippen LogP contribution in [0.4, 0.5) is 0 Å². The van der Waals surface area contributed by atoms with Gasteiger partial charge >= 0.3 is 0 Å². The minimum atomic E-state index is 0.0577. The molecule has 0 spiro atoms. The van der Waals surface area contributed by atoms with Gasteiger partial charge in [-0.1, -0.05) is 0 Å². The second kappa shape index (κ2) is 5.66. The molecule has 0 aromatic rings. The fourth-order valence-electron chi connectivity index (χ4n) is 1.37. The quantitative estimate of drug-likeness (QED) is 0.498. The lowest BCUT2D eigenvalue weighted by molar-refractivity contribution is -0.121. The number of nitrogens with two attached hydrogens (primary N) is 1. The zero-order chi connectivity index (χ0) is 10.4. The molecule has 0 radical (unpaired) electrons. The van der Waals surface area contributed by atoms with Gasteiger partial charge in [0.2, 0.25) is 5.91 Å². The molecule has 1 aliphatic carbocycles. The molecule has 1 saturated carbocycles. The lowest BCUT2D eigenvalue weighted by Crippen LogP contribution is -2.33. The first-order valence-electron chi connectivity index (χ1n) is 5.16. The molecule has 0 bridgehead atoms. The minimum absolute atomic E-state index is 0.0577. The summed E-state index contributed by atoms with van der Waals surface area (Å²) < 4.78 is 0. The van der Waals surface area contributed by atoms with Crippen molar-refractivity contribution in [3.8, 4) is 11.8 Å². The van der Waals surface area contributed by atoms with E-state index >= 15 is 0 Å². The lowest BCUT2D eigenvalue weighted by Gasteiger charge is -2.09. The SMILES string of the molecule is CC#CCCNC(=O)CC(N)C1CC1. The maximum atomic E-state index is 11.3. The zero-order valence-electron chi connectivity index (χ0n) is 8.68. The van der Waals surface area contributed by atoms with E-state index in [1.165, 1.54) is 12.8 Å². The highest BCUT2D eigenvalue weighted by Gasteiger charge is 2.29. The summed E-state index contributed by atoms with van der Waals surface area (Å²) in [6, 6.07) is 0.0623. The Morgan fingerprint density at radius 1 is 1.64 bits per heavy atom. The maximum absolute atomic E-state index is 11.3. The van der Waals surface area contributed by atoms with Crippen molar-refractivity contribution < 1.29 is 4.79 Å². The molecule has 3 nitrogen and oxygen atoms in total. The van der Waals surface area contributed by atoms with E-state index in [-0.39, 0.29) is 11.9 Å². The van der Waals surface area contributed by atoms with E-state index in [2.05, 4.69) is 17.2 Å². The predicted molar refractivity (Wildman–Crippen MR) is 56.4 cm³/mol. The van der Waals surface area contributed by atoms with E-state index in [0.29, 0.717) is 18.9 Å². The molecule has 14 heavy (non-hydrogen) atoms. The van der Waals surface area contributed by atoms with Crippen LogP contribution in [-0.2, 0) is 4.79 Å². The smallest absolute Gasteiger partial charge is 0.221 e. The van der Waals surface area contributed by atoms with Crippen molar-refractivity contribution in [2.75, 3.05) is 6.54 Å². The second-order valence-electron chi connectivity index (χ2n) is 3.73. The molecule has 0 saturated heterocycles. The highest BCUT2D eigenvalue weighted by atomic mass is 16.1. The number of hydrogen-bond donors (Lipinski definition) is 2. The van der Waals surface area contributed by atoms with Crippen molar-refractivity contribution in [3.05, 3.63) is 0 Å². The fourth-order valence-corrected chi connectivity index (χ4v) is 1.37. The van der Waals surface area contributed by atoms with Crippen LogP contribution in [0.5, 0.6) is 0 Å². The van der Waals surface area contributed by atoms with Crippen LogP contribution in [-0.4, -0.2) is 18.5 Å². The molecule has 78 valence electrons. The molecular weight excluding hydrogens is 176 g/mol. The van der Waals surface area contributed by atoms with Gasteiger partial charge in [0.25, 0.3) is 0 Å². The summed E-state index contributed by atoms with van der Waals surface area (Å²) >= 11 is 0. The lowest BCUT2D eigenvalue weighted by atomic mass is 10.1. The summed E-state index contributed by atoms with van der Waals surface area (Å²) in [5.41, 5.74) is 5.82. The monoisotopic (exact) mass is 194 g/mol. The highest BCUT2D eigenvalue weighted by molar-refractivity contribution is 5.76. The Morgan fingerprint density at radius 2 is 2.36 bits per heavy atom. The topological polar surface area (TPSA) is 55.1 Å². The third-order valence-corrected chi connectivity index (χ3v) is 2.40. The Morgan fingerprint density at radius 3 is 2.93 bits per heavy atom. The van der Waals surface area contributed by atoms with Crippen LogP contribution < -0.4 is 11.1 Å². The average molecular weight is 194 g/mol. The first kappa shape index (κ1) is 11.1. The van der Waals surface area contributed by atoms with E-state index in [0.717, 1.165) is 6.42 Å². The zero-order valence-corrected chi connectivity index (χ0v) is 8.68. The molecule has 1 atom stereocenters. The van der Waals surface area contributed by atoms with Crippen LogP contribution >= 0.6 is 0 Å². The summed E-state index contributed by atoms with van der Waals surface area (Å²) in [6.07, 6.45) is 3.57. The van der Waals surface area contributed by atoms with Gasteiger partial charge in [-0.2, -0.15) is 0 Å². The van der Waals surface area contributed by atoms with E-state index in [1.807, 2.05) is 0 Å². The molecule has 3 N–H and O–H groups in total. The Bertz CT molecular complexity index is 248. The Labute approximate surface area is 85.4 Å². The van der Waals surface area contributed by atoms with Crippen LogP contribution in [0.3, 0.4) is 0 Å². The summed E-state index contributed by atoms with van der Waals surface area (Å²) in [5, 5.41) is 2.81. The van der Waals surface area contributed by atoms with E-state index in [1.54, 1.807) is 6.92 Å². The van der Waals surface area contributed by atoms with Crippen LogP contribution in [0.15, 0.2) is 0 Å². The van der Waals surface area contributed by atoms with Crippen molar-refractivity contribution in [2.24, 2.45) is 11.7 Å². The van der Waals surface area contributed by atoms with E-state index < -0.39 is 0 Å². The average Bonchev–Trinajstić information content (AvgIpc) is 2.95. The van der Waals surface area contributed by atoms with Crippen LogP contribution in [0, 0.1) is 17.8 Å². The molecule has 1 rings (SSSR count). The minimum Gasteiger partial charge on any atom is -0.355 e. The number of nitrogens with one attached hydrogen (secondary N) is 1. The second-order valence-corrected chi connectivity index (χ2v) is 3.73. The molecule has 0 aromatic carbocycles.